The molecule has 3 heterocycles. The van der Waals surface area contributed by atoms with Crippen molar-refractivity contribution in [1.29, 1.82) is 0 Å². The standard InChI is InChI=1S/C20H31N7O.HI/c1-4-26(5-2)14-16-10-13-27(15-16)20(21-3)23-12-9-18-24-19(28-25-18)17-8-6-7-11-22-17;/h6-8,11,16H,4-5,9-10,12-15H2,1-3H3,(H,21,23);1H. The molecule has 3 rings (SSSR count). The van der Waals surface area contributed by atoms with Crippen molar-refractivity contribution in [2.45, 2.75) is 26.7 Å². The third-order valence-electron chi connectivity index (χ3n) is 5.19. The Hall–Kier alpha value is -1.75. The number of guanidine groups is 1. The lowest BCUT2D eigenvalue weighted by molar-refractivity contribution is 0.255. The maximum absolute atomic E-state index is 5.31. The molecule has 1 atom stereocenters. The summed E-state index contributed by atoms with van der Waals surface area (Å²) < 4.78 is 5.31. The number of hydrogen-bond acceptors (Lipinski definition) is 6. The van der Waals surface area contributed by atoms with Gasteiger partial charge in [-0.1, -0.05) is 25.1 Å². The van der Waals surface area contributed by atoms with Gasteiger partial charge < -0.3 is 19.6 Å². The van der Waals surface area contributed by atoms with Gasteiger partial charge in [0.25, 0.3) is 5.89 Å². The number of likely N-dealkylation sites (tertiary alicyclic amines) is 1. The quantitative estimate of drug-likeness (QED) is 0.330. The third kappa shape index (κ3) is 6.63. The number of aromatic nitrogens is 3. The highest BCUT2D eigenvalue weighted by Crippen LogP contribution is 2.18. The van der Waals surface area contributed by atoms with Gasteiger partial charge in [0.05, 0.1) is 0 Å². The summed E-state index contributed by atoms with van der Waals surface area (Å²) in [7, 11) is 1.84. The Bertz CT molecular complexity index is 748. The molecule has 29 heavy (non-hydrogen) atoms. The van der Waals surface area contributed by atoms with E-state index in [1.165, 1.54) is 13.0 Å². The molecule has 0 radical (unpaired) electrons. The van der Waals surface area contributed by atoms with E-state index in [1.807, 2.05) is 25.2 Å². The monoisotopic (exact) mass is 513 g/mol. The topological polar surface area (TPSA) is 82.7 Å². The van der Waals surface area contributed by atoms with Crippen LogP contribution in [0.4, 0.5) is 0 Å². The van der Waals surface area contributed by atoms with Gasteiger partial charge in [-0.2, -0.15) is 4.98 Å². The smallest absolute Gasteiger partial charge is 0.276 e. The molecule has 2 aromatic rings. The Kier molecular flexibility index (Phi) is 9.79. The van der Waals surface area contributed by atoms with Crippen molar-refractivity contribution < 1.29 is 4.52 Å². The molecule has 0 aliphatic carbocycles. The average molecular weight is 513 g/mol. The van der Waals surface area contributed by atoms with Gasteiger partial charge in [0.1, 0.15) is 5.69 Å². The first-order chi connectivity index (χ1) is 13.7. The molecule has 8 nitrogen and oxygen atoms in total. The molecule has 1 aliphatic rings. The molecule has 0 saturated carbocycles. The second-order valence-electron chi connectivity index (χ2n) is 7.04. The number of halogens is 1. The van der Waals surface area contributed by atoms with Gasteiger partial charge in [-0.05, 0) is 37.6 Å². The van der Waals surface area contributed by atoms with Gasteiger partial charge in [-0.15, -0.1) is 24.0 Å². The highest BCUT2D eigenvalue weighted by Gasteiger charge is 2.25. The first-order valence-corrected chi connectivity index (χ1v) is 10.1. The molecular weight excluding hydrogens is 481 g/mol. The summed E-state index contributed by atoms with van der Waals surface area (Å²) in [6.07, 6.45) is 3.61. The van der Waals surface area contributed by atoms with E-state index in [1.54, 1.807) is 6.20 Å². The van der Waals surface area contributed by atoms with E-state index in [2.05, 4.69) is 49.1 Å². The van der Waals surface area contributed by atoms with Gasteiger partial charge in [0, 0.05) is 45.8 Å². The molecule has 0 amide bonds. The highest BCUT2D eigenvalue weighted by atomic mass is 127. The van der Waals surface area contributed by atoms with Gasteiger partial charge >= 0.3 is 0 Å². The van der Waals surface area contributed by atoms with Crippen LogP contribution in [0, 0.1) is 5.92 Å². The Morgan fingerprint density at radius 1 is 1.34 bits per heavy atom. The fraction of sp³-hybridized carbons (Fsp3) is 0.600. The van der Waals surface area contributed by atoms with Gasteiger partial charge in [-0.3, -0.25) is 9.98 Å². The number of pyridine rings is 1. The van der Waals surface area contributed by atoms with E-state index in [0.29, 0.717) is 36.3 Å². The zero-order valence-electron chi connectivity index (χ0n) is 17.5. The van der Waals surface area contributed by atoms with E-state index >= 15 is 0 Å². The van der Waals surface area contributed by atoms with Crippen molar-refractivity contribution in [1.82, 2.24) is 30.2 Å². The lowest BCUT2D eigenvalue weighted by Gasteiger charge is -2.24. The molecular formula is C20H32IN7O. The summed E-state index contributed by atoms with van der Waals surface area (Å²) in [5.74, 6) is 2.79. The fourth-order valence-corrected chi connectivity index (χ4v) is 3.59. The second kappa shape index (κ2) is 12.1. The predicted molar refractivity (Wildman–Crippen MR) is 125 cm³/mol. The van der Waals surface area contributed by atoms with Crippen molar-refractivity contribution in [3.8, 4) is 11.6 Å². The Morgan fingerprint density at radius 3 is 2.86 bits per heavy atom. The zero-order chi connectivity index (χ0) is 19.8. The van der Waals surface area contributed by atoms with Crippen LogP contribution in [0.25, 0.3) is 11.6 Å². The van der Waals surface area contributed by atoms with Crippen molar-refractivity contribution in [2.24, 2.45) is 10.9 Å². The Morgan fingerprint density at radius 2 is 2.17 bits per heavy atom. The minimum Gasteiger partial charge on any atom is -0.356 e. The van der Waals surface area contributed by atoms with Crippen LogP contribution in [0.1, 0.15) is 26.1 Å². The molecule has 160 valence electrons. The fourth-order valence-electron chi connectivity index (χ4n) is 3.59. The van der Waals surface area contributed by atoms with E-state index < -0.39 is 0 Å². The molecule has 1 N–H and O–H groups in total. The highest BCUT2D eigenvalue weighted by molar-refractivity contribution is 14.0. The zero-order valence-corrected chi connectivity index (χ0v) is 19.9. The normalized spacial score (nSPS) is 16.9. The molecule has 1 unspecified atom stereocenters. The molecule has 0 bridgehead atoms. The van der Waals surface area contributed by atoms with E-state index in [9.17, 15) is 0 Å². The molecule has 2 aromatic heterocycles. The summed E-state index contributed by atoms with van der Waals surface area (Å²) >= 11 is 0. The maximum Gasteiger partial charge on any atom is 0.276 e. The van der Waals surface area contributed by atoms with Crippen LogP contribution >= 0.6 is 24.0 Å². The maximum atomic E-state index is 5.31. The van der Waals surface area contributed by atoms with Crippen LogP contribution in [0.5, 0.6) is 0 Å². The molecule has 0 spiro atoms. The van der Waals surface area contributed by atoms with E-state index in [4.69, 9.17) is 4.52 Å². The summed E-state index contributed by atoms with van der Waals surface area (Å²) in [4.78, 5) is 18.0. The van der Waals surface area contributed by atoms with Crippen molar-refractivity contribution in [3.63, 3.8) is 0 Å². The Labute approximate surface area is 190 Å². The largest absolute Gasteiger partial charge is 0.356 e. The number of hydrogen-bond donors (Lipinski definition) is 1. The average Bonchev–Trinajstić information content (AvgIpc) is 3.40. The second-order valence-corrected chi connectivity index (χ2v) is 7.04. The SMILES string of the molecule is CCN(CC)CC1CCN(C(=NC)NCCc2noc(-c3ccccn3)n2)C1.I. The van der Waals surface area contributed by atoms with Gasteiger partial charge in [0.15, 0.2) is 11.8 Å². The summed E-state index contributed by atoms with van der Waals surface area (Å²) in [6.45, 7) is 10.7. The minimum absolute atomic E-state index is 0. The lowest BCUT2D eigenvalue weighted by atomic mass is 10.1. The first kappa shape index (κ1) is 23.5. The van der Waals surface area contributed by atoms with Crippen LogP contribution in [0.3, 0.4) is 0 Å². The Balaban J connectivity index is 0.00000300. The molecule has 1 fully saturated rings. The van der Waals surface area contributed by atoms with Gasteiger partial charge in [-0.25, -0.2) is 0 Å². The molecule has 1 saturated heterocycles. The van der Waals surface area contributed by atoms with Crippen molar-refractivity contribution >= 4 is 29.9 Å². The van der Waals surface area contributed by atoms with Crippen LogP contribution in [0.2, 0.25) is 0 Å². The molecule has 0 aromatic carbocycles. The summed E-state index contributed by atoms with van der Waals surface area (Å²) in [5, 5.41) is 7.49. The van der Waals surface area contributed by atoms with Crippen molar-refractivity contribution in [3.05, 3.63) is 30.2 Å². The van der Waals surface area contributed by atoms with Crippen LogP contribution in [0.15, 0.2) is 33.9 Å². The minimum atomic E-state index is 0. The summed E-state index contributed by atoms with van der Waals surface area (Å²) in [6, 6.07) is 5.63. The van der Waals surface area contributed by atoms with Crippen LogP contribution < -0.4 is 5.32 Å². The third-order valence-corrected chi connectivity index (χ3v) is 5.19. The lowest BCUT2D eigenvalue weighted by Crippen LogP contribution is -2.41. The van der Waals surface area contributed by atoms with E-state index in [-0.39, 0.29) is 24.0 Å². The van der Waals surface area contributed by atoms with Crippen molar-refractivity contribution in [2.75, 3.05) is 46.3 Å². The van der Waals surface area contributed by atoms with Crippen LogP contribution in [-0.4, -0.2) is 77.2 Å². The molecule has 1 aliphatic heterocycles. The molecule has 9 heteroatoms. The summed E-state index contributed by atoms with van der Waals surface area (Å²) in [5.41, 5.74) is 0.696. The number of nitrogens with zero attached hydrogens (tertiary/aromatic N) is 6. The van der Waals surface area contributed by atoms with Crippen LogP contribution in [-0.2, 0) is 6.42 Å². The van der Waals surface area contributed by atoms with E-state index in [0.717, 1.165) is 32.1 Å². The number of aliphatic imine (C=N–C) groups is 1. The number of nitrogens with one attached hydrogen (secondary N) is 1. The predicted octanol–water partition coefficient (Wildman–Crippen LogP) is 2.53. The first-order valence-electron chi connectivity index (χ1n) is 10.1. The van der Waals surface area contributed by atoms with Gasteiger partial charge in [0.2, 0.25) is 0 Å². The number of rotatable bonds is 8.